The first-order chi connectivity index (χ1) is 2.00. The standard InChI is InChI=1S/C4H11Si.Zn/c1-5(2,3)4;/h1H2,2-4H3;/q-1;. The third kappa shape index (κ3) is 101. The molecule has 0 aromatic carbocycles. The first-order valence-corrected chi connectivity index (χ1v) is 5.56. The van der Waals surface area contributed by atoms with Gasteiger partial charge in [0, 0.05) is 19.5 Å². The fourth-order valence-electron chi connectivity index (χ4n) is 0. The smallest absolute Gasteiger partial charge is 0 e. The number of hydrogen-bond acceptors (Lipinski definition) is 0. The molecule has 0 aromatic heterocycles. The summed E-state index contributed by atoms with van der Waals surface area (Å²) in [6, 6.07) is 0. The minimum atomic E-state index is -0.861. The van der Waals surface area contributed by atoms with Crippen LogP contribution in [0.3, 0.4) is 0 Å². The van der Waals surface area contributed by atoms with Crippen LogP contribution in [-0.2, 0) is 19.5 Å². The average molecular weight is 153 g/mol. The molecule has 0 rings (SSSR count). The summed E-state index contributed by atoms with van der Waals surface area (Å²) in [5.41, 5.74) is 0. The van der Waals surface area contributed by atoms with E-state index in [1.54, 1.807) is 0 Å². The van der Waals surface area contributed by atoms with E-state index in [2.05, 4.69) is 26.2 Å². The molecule has 0 fully saturated rings. The normalized spacial score (nSPS) is 10.0. The Morgan fingerprint density at radius 1 is 1.17 bits per heavy atom. The van der Waals surface area contributed by atoms with E-state index in [0.29, 0.717) is 0 Å². The van der Waals surface area contributed by atoms with E-state index >= 15 is 0 Å². The van der Waals surface area contributed by atoms with Gasteiger partial charge in [-0.05, 0) is 0 Å². The monoisotopic (exact) mass is 151 g/mol. The Balaban J connectivity index is 0. The Morgan fingerprint density at radius 2 is 1.17 bits per heavy atom. The van der Waals surface area contributed by atoms with E-state index < -0.39 is 8.07 Å². The van der Waals surface area contributed by atoms with Gasteiger partial charge in [-0.1, -0.05) is 19.6 Å². The Hall–Kier alpha value is 0.840. The van der Waals surface area contributed by atoms with Gasteiger partial charge in [0.1, 0.15) is 0 Å². The van der Waals surface area contributed by atoms with Crippen molar-refractivity contribution in [1.29, 1.82) is 0 Å². The molecule has 0 heterocycles. The second-order valence-electron chi connectivity index (χ2n) is 2.56. The molecule has 0 bridgehead atoms. The minimum absolute atomic E-state index is 0. The van der Waals surface area contributed by atoms with Gasteiger partial charge in [-0.2, -0.15) is 0 Å². The molecule has 0 spiro atoms. The van der Waals surface area contributed by atoms with Crippen LogP contribution in [-0.4, -0.2) is 8.07 Å². The van der Waals surface area contributed by atoms with Gasteiger partial charge in [0.15, 0.2) is 0 Å². The summed E-state index contributed by atoms with van der Waals surface area (Å²) >= 11 is 0. The molecular weight excluding hydrogens is 142 g/mol. The van der Waals surface area contributed by atoms with Gasteiger partial charge in [-0.15, -0.1) is 8.07 Å². The number of hydrogen-bond donors (Lipinski definition) is 0. The Bertz CT molecular complexity index is 23.0. The van der Waals surface area contributed by atoms with Crippen LogP contribution in [0.25, 0.3) is 0 Å². The van der Waals surface area contributed by atoms with Gasteiger partial charge in [0.05, 0.1) is 0 Å². The first kappa shape index (κ1) is 9.96. The molecule has 0 saturated carbocycles. The van der Waals surface area contributed by atoms with Crippen molar-refractivity contribution >= 4 is 8.07 Å². The van der Waals surface area contributed by atoms with Crippen LogP contribution in [0.2, 0.25) is 19.6 Å². The van der Waals surface area contributed by atoms with Crippen molar-refractivity contribution in [1.82, 2.24) is 0 Å². The average Bonchev–Trinajstić information content (AvgIpc) is 0.722. The molecular formula is C4H11SiZn-. The third-order valence-electron chi connectivity index (χ3n) is 0. The van der Waals surface area contributed by atoms with Crippen molar-refractivity contribution in [3.8, 4) is 0 Å². The Labute approximate surface area is 54.1 Å². The van der Waals surface area contributed by atoms with Gasteiger partial charge in [0.2, 0.25) is 0 Å². The zero-order valence-electron chi connectivity index (χ0n) is 4.91. The van der Waals surface area contributed by atoms with Crippen molar-refractivity contribution in [3.63, 3.8) is 0 Å². The second-order valence-corrected chi connectivity index (χ2v) is 7.68. The summed E-state index contributed by atoms with van der Waals surface area (Å²) in [5.74, 6) is 0. The summed E-state index contributed by atoms with van der Waals surface area (Å²) in [6.07, 6.45) is 0. The molecule has 6 heavy (non-hydrogen) atoms. The van der Waals surface area contributed by atoms with Gasteiger partial charge in [0.25, 0.3) is 0 Å². The van der Waals surface area contributed by atoms with Crippen LogP contribution in [0.4, 0.5) is 0 Å². The van der Waals surface area contributed by atoms with Gasteiger partial charge in [-0.25, -0.2) is 0 Å². The molecule has 0 unspecified atom stereocenters. The zero-order chi connectivity index (χ0) is 4.50. The quantitative estimate of drug-likeness (QED) is 0.366. The summed E-state index contributed by atoms with van der Waals surface area (Å²) in [7, 11) is -0.861. The van der Waals surface area contributed by atoms with Gasteiger partial charge < -0.3 is 6.55 Å². The maximum atomic E-state index is 3.91. The molecule has 0 radical (unpaired) electrons. The van der Waals surface area contributed by atoms with E-state index in [9.17, 15) is 0 Å². The van der Waals surface area contributed by atoms with Crippen LogP contribution >= 0.6 is 0 Å². The van der Waals surface area contributed by atoms with E-state index in [1.807, 2.05) is 0 Å². The fourth-order valence-corrected chi connectivity index (χ4v) is 0. The van der Waals surface area contributed by atoms with Crippen molar-refractivity contribution in [2.75, 3.05) is 0 Å². The molecule has 0 aromatic rings. The van der Waals surface area contributed by atoms with E-state index in [-0.39, 0.29) is 19.5 Å². The molecule has 0 atom stereocenters. The molecule has 34 valence electrons. The summed E-state index contributed by atoms with van der Waals surface area (Å²) in [6.45, 7) is 10.6. The predicted octanol–water partition coefficient (Wildman–Crippen LogP) is 1.70. The van der Waals surface area contributed by atoms with Crippen molar-refractivity contribution in [2.45, 2.75) is 19.6 Å². The molecule has 0 aliphatic rings. The Kier molecular flexibility index (Phi) is 4.85. The molecule has 0 amide bonds. The molecule has 0 nitrogen and oxygen atoms in total. The van der Waals surface area contributed by atoms with Crippen molar-refractivity contribution in [2.24, 2.45) is 0 Å². The minimum Gasteiger partial charge on any atom is -0.342 e. The van der Waals surface area contributed by atoms with Crippen LogP contribution in [0, 0.1) is 6.55 Å². The summed E-state index contributed by atoms with van der Waals surface area (Å²) in [5, 5.41) is 0. The zero-order valence-corrected chi connectivity index (χ0v) is 8.88. The van der Waals surface area contributed by atoms with Gasteiger partial charge in [-0.3, -0.25) is 0 Å². The van der Waals surface area contributed by atoms with Gasteiger partial charge >= 0.3 is 0 Å². The van der Waals surface area contributed by atoms with Crippen molar-refractivity contribution in [3.05, 3.63) is 6.55 Å². The fraction of sp³-hybridized carbons (Fsp3) is 0.750. The van der Waals surface area contributed by atoms with E-state index in [4.69, 9.17) is 0 Å². The molecule has 0 saturated heterocycles. The maximum absolute atomic E-state index is 3.91. The third-order valence-corrected chi connectivity index (χ3v) is 0. The second kappa shape index (κ2) is 2.92. The van der Waals surface area contributed by atoms with Crippen LogP contribution in [0.5, 0.6) is 0 Å². The molecule has 0 N–H and O–H groups in total. The number of rotatable bonds is 0. The maximum Gasteiger partial charge on any atom is 0 e. The Morgan fingerprint density at radius 3 is 1.17 bits per heavy atom. The van der Waals surface area contributed by atoms with Crippen LogP contribution < -0.4 is 0 Å². The topological polar surface area (TPSA) is 0 Å². The van der Waals surface area contributed by atoms with Crippen LogP contribution in [0.1, 0.15) is 0 Å². The summed E-state index contributed by atoms with van der Waals surface area (Å²) < 4.78 is 0. The van der Waals surface area contributed by atoms with E-state index in [1.165, 1.54) is 0 Å². The predicted molar refractivity (Wildman–Crippen MR) is 28.7 cm³/mol. The SMILES string of the molecule is [CH2-][Si](C)(C)C.[Zn]. The molecule has 0 aliphatic heterocycles. The molecule has 2 heteroatoms. The van der Waals surface area contributed by atoms with E-state index in [0.717, 1.165) is 0 Å². The summed E-state index contributed by atoms with van der Waals surface area (Å²) in [4.78, 5) is 0. The molecule has 0 aliphatic carbocycles. The van der Waals surface area contributed by atoms with Crippen molar-refractivity contribution < 1.29 is 19.5 Å². The largest absolute Gasteiger partial charge is 0.342 e. The first-order valence-electron chi connectivity index (χ1n) is 1.85. The van der Waals surface area contributed by atoms with Crippen LogP contribution in [0.15, 0.2) is 0 Å².